The Morgan fingerprint density at radius 3 is 2.60 bits per heavy atom. The highest BCUT2D eigenvalue weighted by Gasteiger charge is 2.35. The summed E-state index contributed by atoms with van der Waals surface area (Å²) >= 11 is 0. The fourth-order valence-corrected chi connectivity index (χ4v) is 0.612. The largest absolute Gasteiger partial charge is 0.524 e. The lowest BCUT2D eigenvalue weighted by Gasteiger charge is -2.11. The van der Waals surface area contributed by atoms with E-state index >= 15 is 0 Å². The summed E-state index contributed by atoms with van der Waals surface area (Å²) in [6.07, 6.45) is -5.78. The van der Waals surface area contributed by atoms with Crippen LogP contribution in [0.2, 0.25) is 0 Å². The summed E-state index contributed by atoms with van der Waals surface area (Å²) in [7, 11) is 0. The normalized spacial score (nSPS) is 27.3. The van der Waals surface area contributed by atoms with Crippen molar-refractivity contribution >= 4 is 0 Å². The molecule has 0 aromatic heterocycles. The maximum atomic E-state index is 11.4. The maximum Gasteiger partial charge on any atom is 0.524 e. The number of ether oxygens (including phenoxy) is 2. The lowest BCUT2D eigenvalue weighted by Crippen LogP contribution is -2.26. The number of hydrogen-bond acceptors (Lipinski definition) is 3. The molecule has 0 aliphatic carbocycles. The molecule has 0 amide bonds. The van der Waals surface area contributed by atoms with Gasteiger partial charge in [-0.05, 0) is 0 Å². The van der Waals surface area contributed by atoms with Crippen LogP contribution in [0.25, 0.3) is 0 Å². The number of alkyl halides is 3. The lowest BCUT2D eigenvalue weighted by atomic mass is 10.6. The molecule has 10 heavy (non-hydrogen) atoms. The molecule has 1 aliphatic rings. The van der Waals surface area contributed by atoms with Crippen molar-refractivity contribution in [2.45, 2.75) is 12.7 Å². The summed E-state index contributed by atoms with van der Waals surface area (Å²) in [6, 6.07) is 0. The molecule has 3 nitrogen and oxygen atoms in total. The number of hydrogen-bond donors (Lipinski definition) is 1. The molecular weight excluding hydrogens is 151 g/mol. The lowest BCUT2D eigenvalue weighted by molar-refractivity contribution is -0.369. The third-order valence-corrected chi connectivity index (χ3v) is 0.947. The van der Waals surface area contributed by atoms with Crippen molar-refractivity contribution in [3.63, 3.8) is 0 Å². The maximum absolute atomic E-state index is 11.4. The van der Waals surface area contributed by atoms with Gasteiger partial charge in [0, 0.05) is 6.54 Å². The average molecular weight is 157 g/mol. The minimum atomic E-state index is -4.60. The van der Waals surface area contributed by atoms with Crippen LogP contribution < -0.4 is 5.32 Å². The van der Waals surface area contributed by atoms with E-state index in [9.17, 15) is 13.2 Å². The van der Waals surface area contributed by atoms with Crippen LogP contribution in [0.1, 0.15) is 0 Å². The van der Waals surface area contributed by atoms with Crippen LogP contribution in [-0.2, 0) is 9.47 Å². The fourth-order valence-electron chi connectivity index (χ4n) is 0.612. The fraction of sp³-hybridized carbons (Fsp3) is 1.00. The predicted molar refractivity (Wildman–Crippen MR) is 24.9 cm³/mol. The first-order valence-corrected chi connectivity index (χ1v) is 2.65. The quantitative estimate of drug-likeness (QED) is 0.598. The molecule has 1 saturated heterocycles. The van der Waals surface area contributed by atoms with Crippen LogP contribution in [0.3, 0.4) is 0 Å². The number of rotatable bonds is 1. The Bertz CT molecular complexity index is 110. The molecule has 0 radical (unpaired) electrons. The van der Waals surface area contributed by atoms with Gasteiger partial charge in [0.1, 0.15) is 0 Å². The van der Waals surface area contributed by atoms with Crippen molar-refractivity contribution in [1.29, 1.82) is 0 Å². The van der Waals surface area contributed by atoms with Crippen LogP contribution in [0.15, 0.2) is 0 Å². The molecular formula is C4H6F3NO2. The molecule has 1 atom stereocenters. The molecule has 60 valence electrons. The van der Waals surface area contributed by atoms with Crippen molar-refractivity contribution in [2.75, 3.05) is 13.3 Å². The van der Waals surface area contributed by atoms with Gasteiger partial charge < -0.3 is 4.74 Å². The number of halogens is 3. The molecule has 0 saturated carbocycles. The second-order valence-electron chi connectivity index (χ2n) is 1.76. The van der Waals surface area contributed by atoms with Crippen molar-refractivity contribution in [3.8, 4) is 0 Å². The van der Waals surface area contributed by atoms with Crippen molar-refractivity contribution in [3.05, 3.63) is 0 Å². The molecule has 1 unspecified atom stereocenters. The Balaban J connectivity index is 2.24. The van der Waals surface area contributed by atoms with E-state index in [1.54, 1.807) is 0 Å². The first kappa shape index (κ1) is 7.77. The Morgan fingerprint density at radius 2 is 2.20 bits per heavy atom. The van der Waals surface area contributed by atoms with Gasteiger partial charge in [0.2, 0.25) is 0 Å². The Hall–Kier alpha value is -0.330. The zero-order valence-corrected chi connectivity index (χ0v) is 4.94. The van der Waals surface area contributed by atoms with Crippen LogP contribution in [-0.4, -0.2) is 25.9 Å². The molecule has 1 aliphatic heterocycles. The van der Waals surface area contributed by atoms with Gasteiger partial charge in [0.05, 0.1) is 6.73 Å². The molecule has 1 rings (SSSR count). The topological polar surface area (TPSA) is 30.5 Å². The smallest absolute Gasteiger partial charge is 0.336 e. The highest BCUT2D eigenvalue weighted by atomic mass is 19.4. The van der Waals surface area contributed by atoms with Crippen LogP contribution in [0.4, 0.5) is 13.2 Å². The van der Waals surface area contributed by atoms with Crippen LogP contribution in [0, 0.1) is 0 Å². The Kier molecular flexibility index (Phi) is 2.12. The third kappa shape index (κ3) is 2.51. The predicted octanol–water partition coefficient (Wildman–Crippen LogP) is 0.426. The van der Waals surface area contributed by atoms with Gasteiger partial charge in [-0.3, -0.25) is 10.1 Å². The van der Waals surface area contributed by atoms with Crippen molar-refractivity contribution < 1.29 is 22.6 Å². The second-order valence-corrected chi connectivity index (χ2v) is 1.76. The van der Waals surface area contributed by atoms with Gasteiger partial charge in [0.15, 0.2) is 6.29 Å². The van der Waals surface area contributed by atoms with Crippen molar-refractivity contribution in [1.82, 2.24) is 5.32 Å². The second kappa shape index (κ2) is 2.73. The summed E-state index contributed by atoms with van der Waals surface area (Å²) in [5, 5.41) is 2.55. The minimum Gasteiger partial charge on any atom is -0.336 e. The summed E-state index contributed by atoms with van der Waals surface area (Å²) in [5.74, 6) is 0. The van der Waals surface area contributed by atoms with Crippen LogP contribution >= 0.6 is 0 Å². The molecule has 1 N–H and O–H groups in total. The summed E-state index contributed by atoms with van der Waals surface area (Å²) in [5.41, 5.74) is 0. The standard InChI is InChI=1S/C4H6F3NO2/c5-4(6,7)10-3-1-8-2-9-3/h3,8H,1-2H2. The van der Waals surface area contributed by atoms with E-state index in [2.05, 4.69) is 14.8 Å². The van der Waals surface area contributed by atoms with Gasteiger partial charge in [-0.1, -0.05) is 0 Å². The molecule has 1 fully saturated rings. The van der Waals surface area contributed by atoms with Crippen LogP contribution in [0.5, 0.6) is 0 Å². The van der Waals surface area contributed by atoms with Crippen molar-refractivity contribution in [2.24, 2.45) is 0 Å². The molecule has 6 heteroatoms. The minimum absolute atomic E-state index is 0.0828. The summed E-state index contributed by atoms with van der Waals surface area (Å²) < 4.78 is 42.1. The van der Waals surface area contributed by atoms with Gasteiger partial charge in [0.25, 0.3) is 0 Å². The zero-order chi connectivity index (χ0) is 7.61. The van der Waals surface area contributed by atoms with E-state index in [1.165, 1.54) is 0 Å². The highest BCUT2D eigenvalue weighted by Crippen LogP contribution is 2.19. The van der Waals surface area contributed by atoms with E-state index in [0.29, 0.717) is 0 Å². The van der Waals surface area contributed by atoms with Gasteiger partial charge >= 0.3 is 6.36 Å². The summed E-state index contributed by atoms with van der Waals surface area (Å²) in [6.45, 7) is 0.195. The van der Waals surface area contributed by atoms with Gasteiger partial charge in [-0.15, -0.1) is 13.2 Å². The molecule has 0 aromatic rings. The van der Waals surface area contributed by atoms with E-state index in [0.717, 1.165) is 0 Å². The molecule has 1 heterocycles. The summed E-state index contributed by atoms with van der Waals surface area (Å²) in [4.78, 5) is 0. The first-order valence-electron chi connectivity index (χ1n) is 2.65. The van der Waals surface area contributed by atoms with Gasteiger partial charge in [-0.25, -0.2) is 0 Å². The highest BCUT2D eigenvalue weighted by molar-refractivity contribution is 4.55. The Labute approximate surface area is 55.1 Å². The number of nitrogens with one attached hydrogen (secondary N) is 1. The Morgan fingerprint density at radius 1 is 1.50 bits per heavy atom. The van der Waals surface area contributed by atoms with Gasteiger partial charge in [-0.2, -0.15) is 0 Å². The monoisotopic (exact) mass is 157 g/mol. The first-order chi connectivity index (χ1) is 4.58. The molecule has 0 spiro atoms. The third-order valence-electron chi connectivity index (χ3n) is 0.947. The average Bonchev–Trinajstić information content (AvgIpc) is 2.12. The van der Waals surface area contributed by atoms with E-state index in [-0.39, 0.29) is 13.3 Å². The van der Waals surface area contributed by atoms with E-state index in [4.69, 9.17) is 0 Å². The zero-order valence-electron chi connectivity index (χ0n) is 4.94. The SMILES string of the molecule is FC(F)(F)OC1CNCO1. The molecule has 0 aromatic carbocycles. The van der Waals surface area contributed by atoms with E-state index < -0.39 is 12.7 Å². The molecule has 0 bridgehead atoms. The van der Waals surface area contributed by atoms with E-state index in [1.807, 2.05) is 0 Å².